The number of hydrogen-bond donors (Lipinski definition) is 0. The molecule has 1 aliphatic heterocycles. The molecule has 2 aromatic rings. The third-order valence-corrected chi connectivity index (χ3v) is 9.59. The first-order valence-corrected chi connectivity index (χ1v) is 12.9. The molecule has 30 heavy (non-hydrogen) atoms. The fraction of sp³-hybridized carbons (Fsp3) is 0.455. The van der Waals surface area contributed by atoms with Crippen LogP contribution in [0, 0.1) is 33.6 Å². The van der Waals surface area contributed by atoms with Crippen molar-refractivity contribution in [2.24, 2.45) is 5.92 Å². The van der Waals surface area contributed by atoms with Crippen molar-refractivity contribution in [1.82, 2.24) is 8.61 Å². The minimum Gasteiger partial charge on any atom is -0.207 e. The van der Waals surface area contributed by atoms with Crippen molar-refractivity contribution in [3.8, 4) is 0 Å². The first-order chi connectivity index (χ1) is 13.9. The van der Waals surface area contributed by atoms with Crippen LogP contribution in [-0.2, 0) is 20.0 Å². The summed E-state index contributed by atoms with van der Waals surface area (Å²) in [4.78, 5) is 0.453. The monoisotopic (exact) mass is 450 g/mol. The highest BCUT2D eigenvalue weighted by molar-refractivity contribution is 7.90. The van der Waals surface area contributed by atoms with E-state index in [0.717, 1.165) is 11.1 Å². The summed E-state index contributed by atoms with van der Waals surface area (Å²) in [7, 11) is -7.69. The van der Waals surface area contributed by atoms with Crippen molar-refractivity contribution in [1.29, 1.82) is 0 Å². The van der Waals surface area contributed by atoms with Gasteiger partial charge in [-0.2, -0.15) is 8.61 Å². The molecule has 0 radical (unpaired) electrons. The Morgan fingerprint density at radius 3 is 1.70 bits per heavy atom. The maximum atomic E-state index is 13.7. The van der Waals surface area contributed by atoms with Gasteiger partial charge in [0.15, 0.2) is 0 Å². The second-order valence-electron chi connectivity index (χ2n) is 8.43. The molecule has 1 aliphatic rings. The summed E-state index contributed by atoms with van der Waals surface area (Å²) in [6, 6.07) is 10.4. The lowest BCUT2D eigenvalue weighted by Gasteiger charge is -2.32. The van der Waals surface area contributed by atoms with Crippen LogP contribution in [0.1, 0.15) is 36.1 Å². The molecule has 3 rings (SSSR count). The Morgan fingerprint density at radius 2 is 1.23 bits per heavy atom. The van der Waals surface area contributed by atoms with Crippen molar-refractivity contribution >= 4 is 20.0 Å². The number of aryl methyl sites for hydroxylation is 4. The second-order valence-corrected chi connectivity index (χ2v) is 12.1. The zero-order valence-electron chi connectivity index (χ0n) is 18.4. The molecule has 0 aromatic heterocycles. The van der Waals surface area contributed by atoms with E-state index in [1.807, 2.05) is 39.8 Å². The van der Waals surface area contributed by atoms with E-state index >= 15 is 0 Å². The molecule has 1 unspecified atom stereocenters. The summed E-state index contributed by atoms with van der Waals surface area (Å²) < 4.78 is 56.7. The molecule has 1 atom stereocenters. The van der Waals surface area contributed by atoms with E-state index in [4.69, 9.17) is 0 Å². The van der Waals surface area contributed by atoms with Crippen molar-refractivity contribution < 1.29 is 16.8 Å². The van der Waals surface area contributed by atoms with E-state index in [1.54, 1.807) is 38.1 Å². The molecule has 1 heterocycles. The fourth-order valence-electron chi connectivity index (χ4n) is 4.33. The fourth-order valence-corrected chi connectivity index (χ4v) is 8.24. The van der Waals surface area contributed by atoms with Crippen LogP contribution in [0.15, 0.2) is 46.2 Å². The van der Waals surface area contributed by atoms with Crippen molar-refractivity contribution in [2.75, 3.05) is 13.1 Å². The smallest absolute Gasteiger partial charge is 0.207 e. The van der Waals surface area contributed by atoms with Gasteiger partial charge in [0.25, 0.3) is 0 Å². The first kappa shape index (κ1) is 22.9. The van der Waals surface area contributed by atoms with E-state index in [-0.39, 0.29) is 28.8 Å². The predicted octanol–water partition coefficient (Wildman–Crippen LogP) is 3.60. The Morgan fingerprint density at radius 1 is 0.767 bits per heavy atom. The van der Waals surface area contributed by atoms with Crippen LogP contribution in [0.3, 0.4) is 0 Å². The third kappa shape index (κ3) is 3.93. The van der Waals surface area contributed by atoms with Gasteiger partial charge in [-0.25, -0.2) is 16.8 Å². The Hall–Kier alpha value is -1.74. The van der Waals surface area contributed by atoms with Crippen molar-refractivity contribution in [2.45, 2.75) is 57.5 Å². The number of rotatable bonds is 5. The minimum absolute atomic E-state index is 0.127. The van der Waals surface area contributed by atoms with Gasteiger partial charge >= 0.3 is 0 Å². The Kier molecular flexibility index (Phi) is 6.17. The third-order valence-electron chi connectivity index (χ3n) is 5.53. The molecule has 1 saturated heterocycles. The molecule has 1 fully saturated rings. The molecule has 0 bridgehead atoms. The van der Waals surface area contributed by atoms with Crippen LogP contribution in [0.4, 0.5) is 0 Å². The zero-order valence-corrected chi connectivity index (χ0v) is 20.0. The summed E-state index contributed by atoms with van der Waals surface area (Å²) >= 11 is 0. The molecule has 2 aromatic carbocycles. The predicted molar refractivity (Wildman–Crippen MR) is 118 cm³/mol. The summed E-state index contributed by atoms with van der Waals surface area (Å²) in [6.07, 6.45) is -0.776. The maximum Gasteiger partial charge on any atom is 0.245 e. The van der Waals surface area contributed by atoms with E-state index in [1.165, 1.54) is 8.61 Å². The van der Waals surface area contributed by atoms with E-state index in [2.05, 4.69) is 0 Å². The van der Waals surface area contributed by atoms with Crippen LogP contribution in [0.5, 0.6) is 0 Å². The number of hydrogen-bond acceptors (Lipinski definition) is 4. The summed E-state index contributed by atoms with van der Waals surface area (Å²) in [5, 5.41) is 0. The van der Waals surface area contributed by atoms with Gasteiger partial charge in [-0.15, -0.1) is 0 Å². The highest BCUT2D eigenvalue weighted by Gasteiger charge is 2.47. The SMILES string of the molecule is Cc1ccc(S(=O)(=O)N2CCN(S(=O)(=O)c3c(C)cc(C)cc3C)C2C(C)C)cc1. The van der Waals surface area contributed by atoms with Gasteiger partial charge in [-0.05, 0) is 56.9 Å². The van der Waals surface area contributed by atoms with Gasteiger partial charge in [0.05, 0.1) is 16.0 Å². The van der Waals surface area contributed by atoms with Crippen LogP contribution in [0.25, 0.3) is 0 Å². The zero-order chi connectivity index (χ0) is 22.4. The molecular weight excluding hydrogens is 420 g/mol. The highest BCUT2D eigenvalue weighted by atomic mass is 32.2. The molecular formula is C22H30N2O4S2. The van der Waals surface area contributed by atoms with Crippen LogP contribution < -0.4 is 0 Å². The lowest BCUT2D eigenvalue weighted by molar-refractivity contribution is 0.219. The van der Waals surface area contributed by atoms with E-state index in [9.17, 15) is 16.8 Å². The average Bonchev–Trinajstić information content (AvgIpc) is 3.08. The highest BCUT2D eigenvalue weighted by Crippen LogP contribution is 2.35. The summed E-state index contributed by atoms with van der Waals surface area (Å²) in [5.74, 6) is -0.214. The molecule has 8 heteroatoms. The van der Waals surface area contributed by atoms with Gasteiger partial charge in [0.1, 0.15) is 0 Å². The summed E-state index contributed by atoms with van der Waals surface area (Å²) in [6.45, 7) is 11.4. The van der Waals surface area contributed by atoms with Crippen LogP contribution in [0.2, 0.25) is 0 Å². The number of benzene rings is 2. The Balaban J connectivity index is 2.07. The average molecular weight is 451 g/mol. The molecule has 0 N–H and O–H groups in total. The number of sulfonamides is 2. The molecule has 0 saturated carbocycles. The van der Waals surface area contributed by atoms with Gasteiger partial charge in [-0.1, -0.05) is 49.2 Å². The summed E-state index contributed by atoms with van der Waals surface area (Å²) in [5.41, 5.74) is 3.31. The minimum atomic E-state index is -3.87. The van der Waals surface area contributed by atoms with Gasteiger partial charge in [-0.3, -0.25) is 0 Å². The van der Waals surface area contributed by atoms with E-state index in [0.29, 0.717) is 11.1 Å². The lowest BCUT2D eigenvalue weighted by Crippen LogP contribution is -2.47. The number of nitrogens with zero attached hydrogens (tertiary/aromatic N) is 2. The molecule has 0 amide bonds. The van der Waals surface area contributed by atoms with Gasteiger partial charge < -0.3 is 0 Å². The lowest BCUT2D eigenvalue weighted by atomic mass is 10.1. The molecule has 6 nitrogen and oxygen atoms in total. The quantitative estimate of drug-likeness (QED) is 0.698. The standard InChI is InChI=1S/C22H30N2O4S2/c1-15(2)22-23(29(25,26)20-9-7-16(3)8-10-20)11-12-24(22)30(27,28)21-18(5)13-17(4)14-19(21)6/h7-10,13-15,22H,11-12H2,1-6H3. The van der Waals surface area contributed by atoms with Crippen LogP contribution in [-0.4, -0.2) is 44.7 Å². The molecule has 0 aliphatic carbocycles. The molecule has 164 valence electrons. The van der Waals surface area contributed by atoms with Crippen LogP contribution >= 0.6 is 0 Å². The normalized spacial score (nSPS) is 19.0. The Bertz CT molecular complexity index is 1130. The topological polar surface area (TPSA) is 74.8 Å². The maximum absolute atomic E-state index is 13.7. The van der Waals surface area contributed by atoms with Gasteiger partial charge in [0, 0.05) is 13.1 Å². The van der Waals surface area contributed by atoms with Crippen molar-refractivity contribution in [3.05, 3.63) is 58.7 Å². The molecule has 0 spiro atoms. The van der Waals surface area contributed by atoms with Crippen molar-refractivity contribution in [3.63, 3.8) is 0 Å². The Labute approximate surface area is 180 Å². The van der Waals surface area contributed by atoms with Gasteiger partial charge in [0.2, 0.25) is 20.0 Å². The van der Waals surface area contributed by atoms with E-state index < -0.39 is 26.2 Å². The largest absolute Gasteiger partial charge is 0.245 e. The second kappa shape index (κ2) is 8.07. The first-order valence-electron chi connectivity index (χ1n) is 10.1.